The number of hydrogen-bond acceptors (Lipinski definition) is 4. The van der Waals surface area contributed by atoms with E-state index in [1.807, 2.05) is 0 Å². The Morgan fingerprint density at radius 3 is 2.52 bits per heavy atom. The number of ketones is 1. The molecule has 0 spiro atoms. The third-order valence-corrected chi connectivity index (χ3v) is 11.8. The molecule has 2 saturated heterocycles. The Bertz CT molecular complexity index is 751. The van der Waals surface area contributed by atoms with Crippen molar-refractivity contribution in [2.24, 2.45) is 52.8 Å². The summed E-state index contributed by atoms with van der Waals surface area (Å²) >= 11 is 0. The molecule has 2 N–H and O–H groups in total. The van der Waals surface area contributed by atoms with Crippen LogP contribution in [0.25, 0.3) is 0 Å². The first-order valence-corrected chi connectivity index (χ1v) is 13.4. The SMILES string of the molecule is C[C@H]1CC[C@@H]2N(C1)C[C@H]1[C@@H]3C[C@H]4[C@@H](CC(=O)[C@H]5C[C@H](O)CC[C@@]54C)[C@@H]3CC[C@@H]1[C@]2(C)O. The van der Waals surface area contributed by atoms with E-state index in [1.54, 1.807) is 0 Å². The Kier molecular flexibility index (Phi) is 4.78. The lowest BCUT2D eigenvalue weighted by Crippen LogP contribution is -2.67. The third-order valence-electron chi connectivity index (χ3n) is 11.8. The van der Waals surface area contributed by atoms with E-state index in [2.05, 4.69) is 25.7 Å². The van der Waals surface area contributed by atoms with Gasteiger partial charge < -0.3 is 10.2 Å². The second-order valence-corrected chi connectivity index (χ2v) is 13.2. The van der Waals surface area contributed by atoms with Crippen molar-refractivity contribution in [2.75, 3.05) is 13.1 Å². The highest BCUT2D eigenvalue weighted by molar-refractivity contribution is 5.83. The maximum absolute atomic E-state index is 13.2. The van der Waals surface area contributed by atoms with Crippen molar-refractivity contribution in [1.82, 2.24) is 4.90 Å². The van der Waals surface area contributed by atoms with Gasteiger partial charge in [0.05, 0.1) is 11.7 Å². The van der Waals surface area contributed by atoms with Gasteiger partial charge in [0.25, 0.3) is 0 Å². The number of aliphatic hydroxyl groups excluding tert-OH is 1. The number of aliphatic hydroxyl groups is 2. The second-order valence-electron chi connectivity index (χ2n) is 13.2. The highest BCUT2D eigenvalue weighted by Crippen LogP contribution is 2.66. The number of rotatable bonds is 0. The Hall–Kier alpha value is -0.450. The number of Topliss-reactive ketones (excluding diaryl/α,β-unsaturated/α-hetero) is 1. The van der Waals surface area contributed by atoms with Gasteiger partial charge in [-0.25, -0.2) is 0 Å². The Morgan fingerprint density at radius 2 is 1.71 bits per heavy atom. The molecule has 31 heavy (non-hydrogen) atoms. The van der Waals surface area contributed by atoms with Crippen molar-refractivity contribution in [3.63, 3.8) is 0 Å². The quantitative estimate of drug-likeness (QED) is 0.613. The number of hydrogen-bond donors (Lipinski definition) is 2. The van der Waals surface area contributed by atoms with Crippen LogP contribution in [0, 0.1) is 52.8 Å². The largest absolute Gasteiger partial charge is 0.393 e. The van der Waals surface area contributed by atoms with Crippen molar-refractivity contribution in [1.29, 1.82) is 0 Å². The van der Waals surface area contributed by atoms with E-state index in [1.165, 1.54) is 25.8 Å². The summed E-state index contributed by atoms with van der Waals surface area (Å²) in [4.78, 5) is 15.9. The molecule has 0 bridgehead atoms. The molecular weight excluding hydrogens is 386 g/mol. The summed E-state index contributed by atoms with van der Waals surface area (Å²) in [6, 6.07) is 0.341. The van der Waals surface area contributed by atoms with Crippen LogP contribution in [0.15, 0.2) is 0 Å². The van der Waals surface area contributed by atoms with Crippen molar-refractivity contribution in [3.05, 3.63) is 0 Å². The first-order chi connectivity index (χ1) is 14.7. The van der Waals surface area contributed by atoms with Crippen LogP contribution in [0.1, 0.15) is 78.6 Å². The maximum atomic E-state index is 13.2. The normalized spacial score (nSPS) is 59.2. The molecule has 2 aliphatic heterocycles. The smallest absolute Gasteiger partial charge is 0.136 e. The lowest BCUT2D eigenvalue weighted by molar-refractivity contribution is -0.175. The summed E-state index contributed by atoms with van der Waals surface area (Å²) < 4.78 is 0. The molecule has 0 unspecified atom stereocenters. The van der Waals surface area contributed by atoms with E-state index in [0.717, 1.165) is 44.6 Å². The van der Waals surface area contributed by atoms with Gasteiger partial charge in [-0.05, 0) is 105 Å². The zero-order valence-electron chi connectivity index (χ0n) is 19.8. The molecule has 6 aliphatic rings. The van der Waals surface area contributed by atoms with Gasteiger partial charge in [-0.2, -0.15) is 0 Å². The van der Waals surface area contributed by atoms with Gasteiger partial charge in [0.2, 0.25) is 0 Å². The summed E-state index contributed by atoms with van der Waals surface area (Å²) in [5.41, 5.74) is -0.482. The van der Waals surface area contributed by atoms with Gasteiger partial charge in [0, 0.05) is 31.5 Å². The minimum absolute atomic E-state index is 0.0789. The van der Waals surface area contributed by atoms with Crippen LogP contribution < -0.4 is 0 Å². The van der Waals surface area contributed by atoms with Crippen molar-refractivity contribution >= 4 is 5.78 Å². The predicted octanol–water partition coefficient (Wildman–Crippen LogP) is 3.89. The average Bonchev–Trinajstić information content (AvgIpc) is 3.09. The van der Waals surface area contributed by atoms with E-state index in [9.17, 15) is 15.0 Å². The molecule has 174 valence electrons. The minimum atomic E-state index is -0.570. The first-order valence-electron chi connectivity index (χ1n) is 13.4. The number of nitrogens with zero attached hydrogens (tertiary/aromatic N) is 1. The van der Waals surface area contributed by atoms with Gasteiger partial charge >= 0.3 is 0 Å². The molecule has 0 aromatic rings. The number of fused-ring (bicyclic) bond motifs is 8. The molecule has 4 nitrogen and oxygen atoms in total. The molecule has 4 heteroatoms. The van der Waals surface area contributed by atoms with E-state index < -0.39 is 5.60 Å². The van der Waals surface area contributed by atoms with Gasteiger partial charge in [-0.1, -0.05) is 13.8 Å². The molecule has 0 amide bonds. The van der Waals surface area contributed by atoms with Gasteiger partial charge in [-0.3, -0.25) is 9.69 Å². The van der Waals surface area contributed by atoms with Gasteiger partial charge in [0.1, 0.15) is 5.78 Å². The maximum Gasteiger partial charge on any atom is 0.136 e. The van der Waals surface area contributed by atoms with E-state index in [-0.39, 0.29) is 17.4 Å². The summed E-state index contributed by atoms with van der Waals surface area (Å²) in [5.74, 6) is 4.82. The predicted molar refractivity (Wildman–Crippen MR) is 120 cm³/mol. The van der Waals surface area contributed by atoms with Crippen molar-refractivity contribution in [2.45, 2.75) is 96.3 Å². The first kappa shape index (κ1) is 21.1. The van der Waals surface area contributed by atoms with Crippen LogP contribution in [0.2, 0.25) is 0 Å². The molecule has 12 atom stereocenters. The number of carbonyl (C=O) groups excluding carboxylic acids is 1. The highest BCUT2D eigenvalue weighted by Gasteiger charge is 2.64. The molecular formula is C27H43NO3. The standard InChI is InChI=1S/C27H43NO3/c1-15-4-7-25-27(3,31)21-6-5-17-18(20(21)14-28(25)13-15)11-22-19(17)12-24(30)23-10-16(29)8-9-26(22,23)2/h15-23,25,29,31H,4-14H2,1-3H3/t15-,16+,17+,18+,19-,20-,21-,22-,23+,25-,26+,27-/m0/s1. The van der Waals surface area contributed by atoms with Gasteiger partial charge in [-0.15, -0.1) is 0 Å². The summed E-state index contributed by atoms with van der Waals surface area (Å²) in [6.07, 6.45) is 9.08. The van der Waals surface area contributed by atoms with Crippen LogP contribution in [0.3, 0.4) is 0 Å². The van der Waals surface area contributed by atoms with Crippen LogP contribution >= 0.6 is 0 Å². The molecule has 0 radical (unpaired) electrons. The average molecular weight is 430 g/mol. The topological polar surface area (TPSA) is 60.8 Å². The van der Waals surface area contributed by atoms with Crippen LogP contribution in [0.5, 0.6) is 0 Å². The lowest BCUT2D eigenvalue weighted by atomic mass is 9.51. The summed E-state index contributed by atoms with van der Waals surface area (Å²) in [6.45, 7) is 9.23. The zero-order chi connectivity index (χ0) is 21.7. The molecule has 0 aromatic carbocycles. The number of carbonyl (C=O) groups is 1. The fraction of sp³-hybridized carbons (Fsp3) is 0.963. The van der Waals surface area contributed by atoms with E-state index in [4.69, 9.17) is 0 Å². The van der Waals surface area contributed by atoms with Crippen LogP contribution in [-0.2, 0) is 4.79 Å². The van der Waals surface area contributed by atoms with Gasteiger partial charge in [0.15, 0.2) is 0 Å². The summed E-state index contributed by atoms with van der Waals surface area (Å²) in [7, 11) is 0. The molecule has 6 fully saturated rings. The second kappa shape index (κ2) is 7.03. The third kappa shape index (κ3) is 2.93. The molecule has 6 rings (SSSR count). The van der Waals surface area contributed by atoms with E-state index in [0.29, 0.717) is 53.8 Å². The van der Waals surface area contributed by atoms with E-state index >= 15 is 0 Å². The molecule has 4 aliphatic carbocycles. The number of piperidine rings is 2. The van der Waals surface area contributed by atoms with Crippen molar-refractivity contribution < 1.29 is 15.0 Å². The fourth-order valence-electron chi connectivity index (χ4n) is 10.4. The monoisotopic (exact) mass is 429 g/mol. The Balaban J connectivity index is 1.31. The minimum Gasteiger partial charge on any atom is -0.393 e. The fourth-order valence-corrected chi connectivity index (χ4v) is 10.4. The molecule has 2 heterocycles. The highest BCUT2D eigenvalue weighted by atomic mass is 16.3. The molecule has 4 saturated carbocycles. The van der Waals surface area contributed by atoms with Crippen molar-refractivity contribution in [3.8, 4) is 0 Å². The van der Waals surface area contributed by atoms with Crippen LogP contribution in [0.4, 0.5) is 0 Å². The summed E-state index contributed by atoms with van der Waals surface area (Å²) in [5, 5.41) is 22.1. The Labute approximate surface area is 188 Å². The van der Waals surface area contributed by atoms with Crippen LogP contribution in [-0.4, -0.2) is 51.7 Å². The Morgan fingerprint density at radius 1 is 0.903 bits per heavy atom. The zero-order valence-corrected chi connectivity index (χ0v) is 19.8. The lowest BCUT2D eigenvalue weighted by Gasteiger charge is -2.59. The molecule has 0 aromatic heterocycles.